The minimum absolute atomic E-state index is 0.0664. The van der Waals surface area contributed by atoms with E-state index in [0.29, 0.717) is 5.95 Å². The van der Waals surface area contributed by atoms with Crippen molar-refractivity contribution in [2.45, 2.75) is 13.5 Å². The van der Waals surface area contributed by atoms with Crippen molar-refractivity contribution in [3.8, 4) is 0 Å². The second kappa shape index (κ2) is 5.38. The number of carbonyl (C=O) groups is 2. The Morgan fingerprint density at radius 1 is 1.26 bits per heavy atom. The van der Waals surface area contributed by atoms with E-state index in [1.165, 1.54) is 6.92 Å². The van der Waals surface area contributed by atoms with Gasteiger partial charge in [0, 0.05) is 14.0 Å². The van der Waals surface area contributed by atoms with Gasteiger partial charge in [0.2, 0.25) is 11.9 Å². The highest BCUT2D eigenvalue weighted by molar-refractivity contribution is 5.84. The van der Waals surface area contributed by atoms with Gasteiger partial charge < -0.3 is 9.88 Å². The summed E-state index contributed by atoms with van der Waals surface area (Å²) in [6.45, 7) is 1.39. The summed E-state index contributed by atoms with van der Waals surface area (Å²) in [5.41, 5.74) is 6.23. The summed E-state index contributed by atoms with van der Waals surface area (Å²) >= 11 is 0. The quantitative estimate of drug-likeness (QED) is 0.691. The second-order valence-electron chi connectivity index (χ2n) is 3.99. The van der Waals surface area contributed by atoms with E-state index in [4.69, 9.17) is 0 Å². The maximum Gasteiger partial charge on any atom is 0.258 e. The topological polar surface area (TPSA) is 88.1 Å². The molecule has 0 radical (unpaired) electrons. The predicted molar refractivity (Wildman–Crippen MR) is 71.2 cm³/mol. The highest BCUT2D eigenvalue weighted by Gasteiger charge is 2.12. The van der Waals surface area contributed by atoms with E-state index < -0.39 is 0 Å². The van der Waals surface area contributed by atoms with Crippen LogP contribution in [0.2, 0.25) is 0 Å². The number of rotatable bonds is 3. The van der Waals surface area contributed by atoms with Gasteiger partial charge in [-0.2, -0.15) is 0 Å². The fourth-order valence-electron chi connectivity index (χ4n) is 1.77. The van der Waals surface area contributed by atoms with Crippen LogP contribution in [0.3, 0.4) is 0 Å². The largest absolute Gasteiger partial charge is 0.359 e. The number of benzene rings is 1. The van der Waals surface area contributed by atoms with Crippen molar-refractivity contribution in [1.29, 1.82) is 0 Å². The summed E-state index contributed by atoms with van der Waals surface area (Å²) in [6, 6.07) is 7.52. The third-order valence-corrected chi connectivity index (χ3v) is 2.56. The Labute approximate surface area is 110 Å². The van der Waals surface area contributed by atoms with Crippen LogP contribution in [0.25, 0.3) is 11.0 Å². The van der Waals surface area contributed by atoms with Crippen molar-refractivity contribution in [3.63, 3.8) is 0 Å². The summed E-state index contributed by atoms with van der Waals surface area (Å²) < 4.78 is 1.74. The fourth-order valence-corrected chi connectivity index (χ4v) is 1.77. The Bertz CT molecular complexity index is 620. The molecule has 2 aromatic rings. The summed E-state index contributed by atoms with van der Waals surface area (Å²) in [7, 11) is 1.74. The molecule has 0 aliphatic carbocycles. The molecular formula is C12H15N5O2. The van der Waals surface area contributed by atoms with Crippen molar-refractivity contribution in [1.82, 2.24) is 20.4 Å². The van der Waals surface area contributed by atoms with Crippen LogP contribution in [-0.4, -0.2) is 28.4 Å². The molecule has 1 heterocycles. The van der Waals surface area contributed by atoms with Gasteiger partial charge in [0.15, 0.2) is 0 Å². The molecule has 7 heteroatoms. The van der Waals surface area contributed by atoms with E-state index in [-0.39, 0.29) is 18.4 Å². The molecule has 19 heavy (non-hydrogen) atoms. The maximum atomic E-state index is 11.7. The third-order valence-electron chi connectivity index (χ3n) is 2.56. The molecule has 2 amide bonds. The van der Waals surface area contributed by atoms with Gasteiger partial charge in [0.1, 0.15) is 6.54 Å². The Morgan fingerprint density at radius 2 is 2.00 bits per heavy atom. The predicted octanol–water partition coefficient (Wildman–Crippen LogP) is 0.245. The highest BCUT2D eigenvalue weighted by atomic mass is 16.2. The van der Waals surface area contributed by atoms with Crippen molar-refractivity contribution < 1.29 is 9.59 Å². The highest BCUT2D eigenvalue weighted by Crippen LogP contribution is 2.18. The number of imidazole rings is 1. The zero-order valence-corrected chi connectivity index (χ0v) is 10.7. The Hall–Kier alpha value is -2.57. The van der Waals surface area contributed by atoms with Crippen LogP contribution in [0.1, 0.15) is 6.92 Å². The second-order valence-corrected chi connectivity index (χ2v) is 3.99. The van der Waals surface area contributed by atoms with Crippen molar-refractivity contribution in [3.05, 3.63) is 24.3 Å². The van der Waals surface area contributed by atoms with Crippen molar-refractivity contribution in [2.24, 2.45) is 0 Å². The number of nitrogens with zero attached hydrogens (tertiary/aromatic N) is 2. The number of para-hydroxylation sites is 2. The summed E-state index contributed by atoms with van der Waals surface area (Å²) in [5, 5.41) is 2.94. The third kappa shape index (κ3) is 2.82. The minimum Gasteiger partial charge on any atom is -0.359 e. The summed E-state index contributed by atoms with van der Waals surface area (Å²) in [6.07, 6.45) is 0. The molecule has 2 rings (SSSR count). The van der Waals surface area contributed by atoms with Gasteiger partial charge in [-0.1, -0.05) is 12.1 Å². The Morgan fingerprint density at radius 3 is 2.68 bits per heavy atom. The Kier molecular flexibility index (Phi) is 3.65. The van der Waals surface area contributed by atoms with E-state index >= 15 is 0 Å². The molecular weight excluding hydrogens is 246 g/mol. The first-order valence-corrected chi connectivity index (χ1v) is 5.80. The number of amides is 2. The molecule has 0 spiro atoms. The molecule has 0 aliphatic heterocycles. The maximum absolute atomic E-state index is 11.7. The SMILES string of the molecule is CNc1nc2ccccc2n1CC(=O)NNC(C)=O. The number of aromatic nitrogens is 2. The lowest BCUT2D eigenvalue weighted by molar-refractivity contribution is -0.128. The lowest BCUT2D eigenvalue weighted by Gasteiger charge is -2.09. The fraction of sp³-hybridized carbons (Fsp3) is 0.250. The molecule has 1 aromatic heterocycles. The Balaban J connectivity index is 2.23. The molecule has 0 bridgehead atoms. The number of fused-ring (bicyclic) bond motifs is 1. The van der Waals surface area contributed by atoms with Gasteiger partial charge in [-0.15, -0.1) is 0 Å². The average molecular weight is 261 g/mol. The van der Waals surface area contributed by atoms with E-state index in [1.54, 1.807) is 11.6 Å². The smallest absolute Gasteiger partial charge is 0.258 e. The minimum atomic E-state index is -0.324. The first-order chi connectivity index (χ1) is 9.11. The number of carbonyl (C=O) groups excluding carboxylic acids is 2. The lowest BCUT2D eigenvalue weighted by atomic mass is 10.3. The van der Waals surface area contributed by atoms with Crippen LogP contribution in [0.5, 0.6) is 0 Å². The molecule has 1 aromatic carbocycles. The van der Waals surface area contributed by atoms with Crippen LogP contribution in [0.15, 0.2) is 24.3 Å². The standard InChI is InChI=1S/C12H15N5O2/c1-8(18)15-16-11(19)7-17-10-6-4-3-5-9(10)14-12(17)13-2/h3-6H,7H2,1-2H3,(H,13,14)(H,15,18)(H,16,19). The van der Waals surface area contributed by atoms with Gasteiger partial charge in [-0.25, -0.2) is 4.98 Å². The zero-order chi connectivity index (χ0) is 13.8. The van der Waals surface area contributed by atoms with Gasteiger partial charge in [-0.3, -0.25) is 20.4 Å². The number of anilines is 1. The molecule has 0 saturated carbocycles. The van der Waals surface area contributed by atoms with Gasteiger partial charge in [0.05, 0.1) is 11.0 Å². The van der Waals surface area contributed by atoms with Crippen LogP contribution in [-0.2, 0) is 16.1 Å². The number of hydrazine groups is 1. The van der Waals surface area contributed by atoms with E-state index in [9.17, 15) is 9.59 Å². The molecule has 100 valence electrons. The monoisotopic (exact) mass is 261 g/mol. The van der Waals surface area contributed by atoms with Gasteiger partial charge in [0.25, 0.3) is 5.91 Å². The molecule has 0 saturated heterocycles. The van der Waals surface area contributed by atoms with Crippen molar-refractivity contribution in [2.75, 3.05) is 12.4 Å². The van der Waals surface area contributed by atoms with Crippen molar-refractivity contribution >= 4 is 28.8 Å². The van der Waals surface area contributed by atoms with E-state index in [1.807, 2.05) is 24.3 Å². The molecule has 3 N–H and O–H groups in total. The summed E-state index contributed by atoms with van der Waals surface area (Å²) in [4.78, 5) is 26.8. The lowest BCUT2D eigenvalue weighted by Crippen LogP contribution is -2.42. The van der Waals surface area contributed by atoms with E-state index in [0.717, 1.165) is 11.0 Å². The van der Waals surface area contributed by atoms with Gasteiger partial charge in [-0.05, 0) is 12.1 Å². The average Bonchev–Trinajstić information content (AvgIpc) is 2.75. The first kappa shape index (κ1) is 12.9. The molecule has 0 atom stereocenters. The summed E-state index contributed by atoms with van der Waals surface area (Å²) in [5.74, 6) is -0.0493. The normalized spacial score (nSPS) is 10.2. The molecule has 0 unspecified atom stereocenters. The molecule has 0 fully saturated rings. The van der Waals surface area contributed by atoms with Gasteiger partial charge >= 0.3 is 0 Å². The number of hydrogen-bond acceptors (Lipinski definition) is 4. The van der Waals surface area contributed by atoms with Crippen LogP contribution in [0.4, 0.5) is 5.95 Å². The number of nitrogens with one attached hydrogen (secondary N) is 3. The van der Waals surface area contributed by atoms with E-state index in [2.05, 4.69) is 21.2 Å². The molecule has 7 nitrogen and oxygen atoms in total. The van der Waals surface area contributed by atoms with Crippen LogP contribution < -0.4 is 16.2 Å². The van der Waals surface area contributed by atoms with Crippen LogP contribution in [0, 0.1) is 0 Å². The molecule has 0 aliphatic rings. The zero-order valence-electron chi connectivity index (χ0n) is 10.7. The number of hydrogen-bond donors (Lipinski definition) is 3. The van der Waals surface area contributed by atoms with Crippen LogP contribution >= 0.6 is 0 Å². The first-order valence-electron chi connectivity index (χ1n) is 5.80.